The van der Waals surface area contributed by atoms with Gasteiger partial charge >= 0.3 is 0 Å². The van der Waals surface area contributed by atoms with Crippen molar-refractivity contribution in [1.29, 1.82) is 0 Å². The van der Waals surface area contributed by atoms with Gasteiger partial charge in [-0.05, 0) is 36.6 Å². The predicted octanol–water partition coefficient (Wildman–Crippen LogP) is 3.66. The van der Waals surface area contributed by atoms with Crippen LogP contribution in [0.2, 0.25) is 0 Å². The molecular formula is C17H16N2OS. The molecule has 2 aromatic carbocycles. The number of fused-ring (bicyclic) bond motifs is 1. The predicted molar refractivity (Wildman–Crippen MR) is 86.7 cm³/mol. The van der Waals surface area contributed by atoms with Crippen LogP contribution in [0.25, 0.3) is 10.2 Å². The number of benzene rings is 2. The van der Waals surface area contributed by atoms with Gasteiger partial charge in [0.25, 0.3) is 5.91 Å². The van der Waals surface area contributed by atoms with Crippen molar-refractivity contribution in [2.45, 2.75) is 12.8 Å². The number of aryl methyl sites for hydroxylation is 1. The Kier molecular flexibility index (Phi) is 4.26. The highest BCUT2D eigenvalue weighted by molar-refractivity contribution is 7.16. The van der Waals surface area contributed by atoms with E-state index >= 15 is 0 Å². The van der Waals surface area contributed by atoms with Gasteiger partial charge in [-0.25, -0.2) is 4.98 Å². The van der Waals surface area contributed by atoms with E-state index in [1.54, 1.807) is 16.8 Å². The zero-order valence-corrected chi connectivity index (χ0v) is 12.4. The number of carbonyl (C=O) groups excluding carboxylic acids is 1. The second kappa shape index (κ2) is 6.50. The summed E-state index contributed by atoms with van der Waals surface area (Å²) in [6, 6.07) is 15.9. The average Bonchev–Trinajstić information content (AvgIpc) is 3.00. The lowest BCUT2D eigenvalue weighted by molar-refractivity contribution is 0.0953. The van der Waals surface area contributed by atoms with Gasteiger partial charge in [-0.15, -0.1) is 11.3 Å². The Morgan fingerprint density at radius 2 is 2.00 bits per heavy atom. The molecule has 1 N–H and O–H groups in total. The average molecular weight is 296 g/mol. The Balaban J connectivity index is 1.52. The van der Waals surface area contributed by atoms with Crippen molar-refractivity contribution in [2.24, 2.45) is 0 Å². The summed E-state index contributed by atoms with van der Waals surface area (Å²) < 4.78 is 1.05. The molecular weight excluding hydrogens is 280 g/mol. The summed E-state index contributed by atoms with van der Waals surface area (Å²) in [4.78, 5) is 16.3. The molecule has 106 valence electrons. The normalized spacial score (nSPS) is 10.7. The standard InChI is InChI=1S/C17H16N2OS/c20-17(14-8-9-15-16(11-14)21-12-19-15)18-10-4-7-13-5-2-1-3-6-13/h1-3,5-6,8-9,11-12H,4,7,10H2,(H,18,20). The molecule has 21 heavy (non-hydrogen) atoms. The van der Waals surface area contributed by atoms with Crippen LogP contribution >= 0.6 is 11.3 Å². The summed E-state index contributed by atoms with van der Waals surface area (Å²) in [5, 5.41) is 2.97. The molecule has 3 aromatic rings. The van der Waals surface area contributed by atoms with Crippen molar-refractivity contribution in [3.8, 4) is 0 Å². The molecule has 0 unspecified atom stereocenters. The van der Waals surface area contributed by atoms with Crippen LogP contribution in [-0.2, 0) is 6.42 Å². The van der Waals surface area contributed by atoms with Crippen molar-refractivity contribution in [2.75, 3.05) is 6.54 Å². The fraction of sp³-hybridized carbons (Fsp3) is 0.176. The van der Waals surface area contributed by atoms with Crippen molar-refractivity contribution < 1.29 is 4.79 Å². The maximum Gasteiger partial charge on any atom is 0.251 e. The quantitative estimate of drug-likeness (QED) is 0.730. The lowest BCUT2D eigenvalue weighted by Gasteiger charge is -2.05. The lowest BCUT2D eigenvalue weighted by atomic mass is 10.1. The number of carbonyl (C=O) groups is 1. The molecule has 0 saturated heterocycles. The fourth-order valence-corrected chi connectivity index (χ4v) is 2.95. The number of hydrogen-bond donors (Lipinski definition) is 1. The first kappa shape index (κ1) is 13.8. The first-order valence-electron chi connectivity index (χ1n) is 6.98. The molecule has 0 aliphatic rings. The van der Waals surface area contributed by atoms with Gasteiger partial charge < -0.3 is 5.32 Å². The highest BCUT2D eigenvalue weighted by atomic mass is 32.1. The molecule has 1 amide bonds. The van der Waals surface area contributed by atoms with Crippen LogP contribution in [0, 0.1) is 0 Å². The molecule has 0 aliphatic heterocycles. The Hall–Kier alpha value is -2.20. The van der Waals surface area contributed by atoms with Crippen LogP contribution in [0.4, 0.5) is 0 Å². The molecule has 0 bridgehead atoms. The highest BCUT2D eigenvalue weighted by Gasteiger charge is 2.06. The Labute approximate surface area is 127 Å². The molecule has 3 rings (SSSR count). The van der Waals surface area contributed by atoms with Crippen molar-refractivity contribution in [3.05, 3.63) is 65.2 Å². The monoisotopic (exact) mass is 296 g/mol. The summed E-state index contributed by atoms with van der Waals surface area (Å²) in [6.07, 6.45) is 1.92. The number of nitrogens with zero attached hydrogens (tertiary/aromatic N) is 1. The maximum atomic E-state index is 12.1. The minimum absolute atomic E-state index is 0.0154. The third-order valence-electron chi connectivity index (χ3n) is 3.36. The third kappa shape index (κ3) is 3.47. The van der Waals surface area contributed by atoms with E-state index in [0.29, 0.717) is 12.1 Å². The first-order valence-corrected chi connectivity index (χ1v) is 7.86. The van der Waals surface area contributed by atoms with Gasteiger partial charge in [0.1, 0.15) is 0 Å². The van der Waals surface area contributed by atoms with Gasteiger partial charge in [0.05, 0.1) is 15.7 Å². The molecule has 0 fully saturated rings. The van der Waals surface area contributed by atoms with Crippen molar-refractivity contribution in [3.63, 3.8) is 0 Å². The molecule has 1 heterocycles. The van der Waals surface area contributed by atoms with Gasteiger partial charge in [0.15, 0.2) is 0 Å². The number of thiazole rings is 1. The van der Waals surface area contributed by atoms with Gasteiger partial charge in [0.2, 0.25) is 0 Å². The summed E-state index contributed by atoms with van der Waals surface area (Å²) in [5.41, 5.74) is 4.75. The highest BCUT2D eigenvalue weighted by Crippen LogP contribution is 2.18. The number of nitrogens with one attached hydrogen (secondary N) is 1. The molecule has 0 spiro atoms. The Bertz CT molecular complexity index is 737. The molecule has 0 atom stereocenters. The van der Waals surface area contributed by atoms with E-state index in [9.17, 15) is 4.79 Å². The molecule has 0 aliphatic carbocycles. The number of hydrogen-bond acceptors (Lipinski definition) is 3. The minimum atomic E-state index is -0.0154. The van der Waals surface area contributed by atoms with Crippen LogP contribution in [0.1, 0.15) is 22.3 Å². The largest absolute Gasteiger partial charge is 0.352 e. The van der Waals surface area contributed by atoms with Crippen LogP contribution in [0.3, 0.4) is 0 Å². The van der Waals surface area contributed by atoms with Crippen LogP contribution in [0.15, 0.2) is 54.0 Å². The maximum absolute atomic E-state index is 12.1. The zero-order valence-electron chi connectivity index (χ0n) is 11.6. The van der Waals surface area contributed by atoms with Crippen LogP contribution in [0.5, 0.6) is 0 Å². The van der Waals surface area contributed by atoms with Crippen molar-refractivity contribution in [1.82, 2.24) is 10.3 Å². The molecule has 0 saturated carbocycles. The Morgan fingerprint density at radius 3 is 2.86 bits per heavy atom. The Morgan fingerprint density at radius 1 is 1.14 bits per heavy atom. The van der Waals surface area contributed by atoms with E-state index in [1.807, 2.05) is 36.4 Å². The number of rotatable bonds is 5. The SMILES string of the molecule is O=C(NCCCc1ccccc1)c1ccc2ncsc2c1. The smallest absolute Gasteiger partial charge is 0.251 e. The second-order valence-corrected chi connectivity index (χ2v) is 5.77. The zero-order chi connectivity index (χ0) is 14.5. The lowest BCUT2D eigenvalue weighted by Crippen LogP contribution is -2.24. The summed E-state index contributed by atoms with van der Waals surface area (Å²) in [6.45, 7) is 0.689. The number of aromatic nitrogens is 1. The van der Waals surface area contributed by atoms with Crippen molar-refractivity contribution >= 4 is 27.5 Å². The topological polar surface area (TPSA) is 42.0 Å². The second-order valence-electron chi connectivity index (χ2n) is 4.88. The molecule has 1 aromatic heterocycles. The van der Waals surface area contributed by atoms with Crippen LogP contribution < -0.4 is 5.32 Å². The van der Waals surface area contributed by atoms with E-state index in [0.717, 1.165) is 23.1 Å². The van der Waals surface area contributed by atoms with E-state index in [4.69, 9.17) is 0 Å². The fourth-order valence-electron chi connectivity index (χ4n) is 2.24. The third-order valence-corrected chi connectivity index (χ3v) is 4.16. The van der Waals surface area contributed by atoms with Gasteiger partial charge in [-0.3, -0.25) is 4.79 Å². The number of amides is 1. The van der Waals surface area contributed by atoms with Gasteiger partial charge in [0, 0.05) is 12.1 Å². The summed E-state index contributed by atoms with van der Waals surface area (Å²) in [7, 11) is 0. The van der Waals surface area contributed by atoms with E-state index in [-0.39, 0.29) is 5.91 Å². The summed E-state index contributed by atoms with van der Waals surface area (Å²) >= 11 is 1.55. The summed E-state index contributed by atoms with van der Waals surface area (Å²) in [5.74, 6) is -0.0154. The molecule has 3 nitrogen and oxygen atoms in total. The van der Waals surface area contributed by atoms with E-state index in [2.05, 4.69) is 22.4 Å². The minimum Gasteiger partial charge on any atom is -0.352 e. The van der Waals surface area contributed by atoms with Gasteiger partial charge in [-0.2, -0.15) is 0 Å². The molecule has 0 radical (unpaired) electrons. The van der Waals surface area contributed by atoms with Crippen LogP contribution in [-0.4, -0.2) is 17.4 Å². The van der Waals surface area contributed by atoms with E-state index < -0.39 is 0 Å². The van der Waals surface area contributed by atoms with E-state index in [1.165, 1.54) is 5.56 Å². The first-order chi connectivity index (χ1) is 10.3. The van der Waals surface area contributed by atoms with Gasteiger partial charge in [-0.1, -0.05) is 30.3 Å². The molecule has 4 heteroatoms.